The molecule has 0 saturated heterocycles. The van der Waals surface area contributed by atoms with Gasteiger partial charge in [-0.15, -0.1) is 0 Å². The molecule has 0 aliphatic carbocycles. The zero-order valence-corrected chi connectivity index (χ0v) is 13.3. The highest BCUT2D eigenvalue weighted by atomic mass is 16.5. The minimum atomic E-state index is -0.423. The minimum Gasteiger partial charge on any atom is -0.465 e. The van der Waals surface area contributed by atoms with Crippen LogP contribution >= 0.6 is 0 Å². The van der Waals surface area contributed by atoms with E-state index in [1.807, 2.05) is 30.3 Å². The van der Waals surface area contributed by atoms with Crippen LogP contribution in [0.25, 0.3) is 10.8 Å². The summed E-state index contributed by atoms with van der Waals surface area (Å²) in [6.07, 6.45) is 0. The van der Waals surface area contributed by atoms with Gasteiger partial charge in [0.15, 0.2) is 0 Å². The summed E-state index contributed by atoms with van der Waals surface area (Å²) in [6.45, 7) is 1.79. The molecular formula is C19H15N3O2. The van der Waals surface area contributed by atoms with Gasteiger partial charge in [0.25, 0.3) is 0 Å². The maximum absolute atomic E-state index is 11.9. The fourth-order valence-corrected chi connectivity index (χ4v) is 2.63. The molecular weight excluding hydrogens is 302 g/mol. The lowest BCUT2D eigenvalue weighted by atomic mass is 10.0. The highest BCUT2D eigenvalue weighted by molar-refractivity contribution is 6.00. The fraction of sp³-hybridized carbons (Fsp3) is 0.105. The van der Waals surface area contributed by atoms with E-state index in [-0.39, 0.29) is 0 Å². The highest BCUT2D eigenvalue weighted by Crippen LogP contribution is 2.29. The smallest absolute Gasteiger partial charge is 0.339 e. The summed E-state index contributed by atoms with van der Waals surface area (Å²) in [5.41, 5.74) is 2.21. The van der Waals surface area contributed by atoms with Crippen molar-refractivity contribution in [2.75, 3.05) is 12.4 Å². The van der Waals surface area contributed by atoms with Gasteiger partial charge in [0.05, 0.1) is 29.6 Å². The molecule has 0 bridgehead atoms. The largest absolute Gasteiger partial charge is 0.465 e. The quantitative estimate of drug-likeness (QED) is 0.740. The Morgan fingerprint density at radius 1 is 1.12 bits per heavy atom. The van der Waals surface area contributed by atoms with Gasteiger partial charge in [-0.05, 0) is 19.1 Å². The number of anilines is 2. The van der Waals surface area contributed by atoms with Crippen molar-refractivity contribution in [2.45, 2.75) is 6.92 Å². The lowest BCUT2D eigenvalue weighted by Crippen LogP contribution is -2.07. The molecule has 2 aromatic carbocycles. The summed E-state index contributed by atoms with van der Waals surface area (Å²) in [7, 11) is 1.35. The van der Waals surface area contributed by atoms with Crippen molar-refractivity contribution >= 4 is 28.2 Å². The molecule has 0 atom stereocenters. The van der Waals surface area contributed by atoms with E-state index in [1.165, 1.54) is 7.11 Å². The number of aryl methyl sites for hydroxylation is 1. The molecule has 5 heteroatoms. The van der Waals surface area contributed by atoms with Crippen LogP contribution in [0.1, 0.15) is 21.6 Å². The Labute approximate surface area is 139 Å². The second kappa shape index (κ2) is 6.39. The topological polar surface area (TPSA) is 75.0 Å². The van der Waals surface area contributed by atoms with Gasteiger partial charge < -0.3 is 10.1 Å². The molecule has 3 aromatic rings. The first-order valence-electron chi connectivity index (χ1n) is 7.39. The van der Waals surface area contributed by atoms with Crippen LogP contribution in [-0.2, 0) is 4.74 Å². The zero-order chi connectivity index (χ0) is 17.1. The number of fused-ring (bicyclic) bond motifs is 1. The van der Waals surface area contributed by atoms with Crippen LogP contribution in [-0.4, -0.2) is 18.1 Å². The van der Waals surface area contributed by atoms with Crippen LogP contribution in [0, 0.1) is 18.3 Å². The van der Waals surface area contributed by atoms with E-state index >= 15 is 0 Å². The van der Waals surface area contributed by atoms with Crippen LogP contribution in [0.4, 0.5) is 11.5 Å². The van der Waals surface area contributed by atoms with E-state index < -0.39 is 5.97 Å². The third-order valence-electron chi connectivity index (χ3n) is 3.79. The number of nitrogens with one attached hydrogen (secondary N) is 1. The van der Waals surface area contributed by atoms with Gasteiger partial charge in [-0.25, -0.2) is 9.78 Å². The van der Waals surface area contributed by atoms with Crippen LogP contribution in [0.15, 0.2) is 48.5 Å². The Morgan fingerprint density at radius 3 is 2.50 bits per heavy atom. The molecule has 0 aliphatic heterocycles. The number of nitriles is 1. The molecule has 0 saturated carbocycles. The molecule has 0 radical (unpaired) electrons. The van der Waals surface area contributed by atoms with Gasteiger partial charge in [-0.2, -0.15) is 5.26 Å². The third kappa shape index (κ3) is 2.66. The number of benzene rings is 2. The van der Waals surface area contributed by atoms with Crippen molar-refractivity contribution in [1.29, 1.82) is 5.26 Å². The Kier molecular flexibility index (Phi) is 4.13. The maximum Gasteiger partial charge on any atom is 0.339 e. The molecule has 5 nitrogen and oxygen atoms in total. The number of hydrogen-bond donors (Lipinski definition) is 1. The maximum atomic E-state index is 11.9. The van der Waals surface area contributed by atoms with Crippen LogP contribution in [0.3, 0.4) is 0 Å². The number of carbonyl (C=O) groups excluding carboxylic acids is 1. The monoisotopic (exact) mass is 317 g/mol. The molecule has 24 heavy (non-hydrogen) atoms. The summed E-state index contributed by atoms with van der Waals surface area (Å²) in [5, 5.41) is 14.2. The first-order valence-corrected chi connectivity index (χ1v) is 7.39. The number of esters is 1. The molecule has 0 fully saturated rings. The van der Waals surface area contributed by atoms with Crippen molar-refractivity contribution < 1.29 is 9.53 Å². The van der Waals surface area contributed by atoms with Crippen LogP contribution in [0.5, 0.6) is 0 Å². The van der Waals surface area contributed by atoms with E-state index in [0.29, 0.717) is 28.3 Å². The molecule has 0 amide bonds. The number of para-hydroxylation sites is 1. The molecule has 118 valence electrons. The normalized spacial score (nSPS) is 10.2. The fourth-order valence-electron chi connectivity index (χ4n) is 2.63. The predicted octanol–water partition coefficient (Wildman–Crippen LogP) is 3.95. The van der Waals surface area contributed by atoms with Crippen molar-refractivity contribution in [3.05, 3.63) is 65.4 Å². The summed E-state index contributed by atoms with van der Waals surface area (Å²) < 4.78 is 4.82. The highest BCUT2D eigenvalue weighted by Gasteiger charge is 2.15. The van der Waals surface area contributed by atoms with Gasteiger partial charge in [-0.1, -0.05) is 36.4 Å². The third-order valence-corrected chi connectivity index (χ3v) is 3.79. The Bertz CT molecular complexity index is 974. The zero-order valence-electron chi connectivity index (χ0n) is 13.3. The number of carbonyl (C=O) groups is 1. The second-order valence-corrected chi connectivity index (χ2v) is 5.24. The standard InChI is InChI=1S/C19H15N3O2/c1-12-16(11-20)13-7-3-4-8-14(13)18(21-12)22-17-10-6-5-9-15(17)19(23)24-2/h3-10H,1-2H3,(H,21,22). The second-order valence-electron chi connectivity index (χ2n) is 5.24. The Balaban J connectivity index is 2.16. The van der Waals surface area contributed by atoms with Gasteiger partial charge in [0, 0.05) is 10.8 Å². The summed E-state index contributed by atoms with van der Waals surface area (Å²) in [6, 6.07) is 16.8. The van der Waals surface area contributed by atoms with Crippen LogP contribution in [0.2, 0.25) is 0 Å². The van der Waals surface area contributed by atoms with E-state index in [9.17, 15) is 10.1 Å². The predicted molar refractivity (Wildman–Crippen MR) is 92.3 cm³/mol. The van der Waals surface area contributed by atoms with Gasteiger partial charge in [-0.3, -0.25) is 0 Å². The molecule has 1 N–H and O–H groups in total. The first kappa shape index (κ1) is 15.5. The number of hydrogen-bond acceptors (Lipinski definition) is 5. The van der Waals surface area contributed by atoms with E-state index in [1.54, 1.807) is 25.1 Å². The van der Waals surface area contributed by atoms with E-state index in [0.717, 1.165) is 10.8 Å². The summed E-state index contributed by atoms with van der Waals surface area (Å²) >= 11 is 0. The van der Waals surface area contributed by atoms with Crippen molar-refractivity contribution in [1.82, 2.24) is 4.98 Å². The Morgan fingerprint density at radius 2 is 1.79 bits per heavy atom. The van der Waals surface area contributed by atoms with Gasteiger partial charge in [0.1, 0.15) is 11.9 Å². The number of pyridine rings is 1. The molecule has 1 aromatic heterocycles. The molecule has 0 spiro atoms. The average Bonchev–Trinajstić information content (AvgIpc) is 2.62. The van der Waals surface area contributed by atoms with Crippen LogP contribution < -0.4 is 5.32 Å². The van der Waals surface area contributed by atoms with Gasteiger partial charge >= 0.3 is 5.97 Å². The average molecular weight is 317 g/mol. The van der Waals surface area contributed by atoms with Gasteiger partial charge in [0.2, 0.25) is 0 Å². The minimum absolute atomic E-state index is 0.423. The molecule has 1 heterocycles. The number of ether oxygens (including phenoxy) is 1. The SMILES string of the molecule is COC(=O)c1ccccc1Nc1nc(C)c(C#N)c2ccccc12. The number of methoxy groups -OCH3 is 1. The van der Waals surface area contributed by atoms with Crippen molar-refractivity contribution in [2.24, 2.45) is 0 Å². The number of nitrogens with zero attached hydrogens (tertiary/aromatic N) is 2. The lowest BCUT2D eigenvalue weighted by Gasteiger charge is -2.14. The lowest BCUT2D eigenvalue weighted by molar-refractivity contribution is 0.0602. The van der Waals surface area contributed by atoms with Crippen molar-refractivity contribution in [3.63, 3.8) is 0 Å². The number of aromatic nitrogens is 1. The van der Waals surface area contributed by atoms with Crippen molar-refractivity contribution in [3.8, 4) is 6.07 Å². The summed E-state index contributed by atoms with van der Waals surface area (Å²) in [5.74, 6) is 0.172. The molecule has 3 rings (SSSR count). The Hall–Kier alpha value is -3.39. The first-order chi connectivity index (χ1) is 11.7. The molecule has 0 aliphatic rings. The van der Waals surface area contributed by atoms with E-state index in [2.05, 4.69) is 16.4 Å². The van der Waals surface area contributed by atoms with E-state index in [4.69, 9.17) is 4.74 Å². The summed E-state index contributed by atoms with van der Waals surface area (Å²) in [4.78, 5) is 16.4. The number of rotatable bonds is 3. The molecule has 0 unspecified atom stereocenters.